The van der Waals surface area contributed by atoms with Crippen LogP contribution in [-0.2, 0) is 22.4 Å². The number of nitrogens with one attached hydrogen (secondary N) is 2. The van der Waals surface area contributed by atoms with Crippen LogP contribution in [0, 0.1) is 11.3 Å². The second kappa shape index (κ2) is 11.7. The van der Waals surface area contributed by atoms with E-state index in [2.05, 4.69) is 16.7 Å². The van der Waals surface area contributed by atoms with Crippen molar-refractivity contribution < 1.29 is 43.2 Å². The van der Waals surface area contributed by atoms with Gasteiger partial charge in [0, 0.05) is 48.3 Å². The molecule has 3 amide bonds. The van der Waals surface area contributed by atoms with Crippen LogP contribution in [0.3, 0.4) is 0 Å². The van der Waals surface area contributed by atoms with Crippen molar-refractivity contribution in [2.24, 2.45) is 0 Å². The fourth-order valence-corrected chi connectivity index (χ4v) is 8.31. The average Bonchev–Trinajstić information content (AvgIpc) is 3.68. The van der Waals surface area contributed by atoms with Gasteiger partial charge in [0.1, 0.15) is 17.8 Å². The zero-order valence-electron chi connectivity index (χ0n) is 27.4. The molecule has 2 bridgehead atoms. The number of imide groups is 1. The maximum absolute atomic E-state index is 13.8. The van der Waals surface area contributed by atoms with Gasteiger partial charge >= 0.3 is 5.97 Å². The van der Waals surface area contributed by atoms with E-state index >= 15 is 0 Å². The monoisotopic (exact) mass is 679 g/mol. The van der Waals surface area contributed by atoms with Gasteiger partial charge in [-0.05, 0) is 43.5 Å². The van der Waals surface area contributed by atoms with Crippen molar-refractivity contribution in [3.05, 3.63) is 75.8 Å². The van der Waals surface area contributed by atoms with Gasteiger partial charge in [0.2, 0.25) is 12.7 Å². The molecule has 5 aliphatic rings. The van der Waals surface area contributed by atoms with Gasteiger partial charge in [-0.15, -0.1) is 0 Å². The zero-order valence-corrected chi connectivity index (χ0v) is 27.4. The number of nitrogens with zero attached hydrogens (tertiary/aromatic N) is 3. The summed E-state index contributed by atoms with van der Waals surface area (Å²) in [5.41, 5.74) is 3.22. The van der Waals surface area contributed by atoms with Crippen LogP contribution in [0.15, 0.2) is 42.5 Å². The molecular formula is C36H33N5O9. The molecule has 5 heterocycles. The molecule has 1 fully saturated rings. The van der Waals surface area contributed by atoms with Crippen LogP contribution >= 0.6 is 0 Å². The lowest BCUT2D eigenvalue weighted by Gasteiger charge is -2.56. The summed E-state index contributed by atoms with van der Waals surface area (Å²) in [5.74, 6) is -0.915. The topological polar surface area (TPSA) is 180 Å². The highest BCUT2D eigenvalue weighted by atomic mass is 16.7. The number of hydrogen-bond acceptors (Lipinski definition) is 12. The van der Waals surface area contributed by atoms with E-state index in [4.69, 9.17) is 18.9 Å². The molecule has 0 spiro atoms. The SMILES string of the molecule is COc1ccc2c(c1O)[C@H]1N[C@@H](C2)[C@H](C#N)N2[C@@H](CNC(=O)[C@H](C)N3C(=O)c4ccccc4C3=O)c3c(c(OC(C)=O)cc4c3OCO4)C[C@@H]12. The van der Waals surface area contributed by atoms with Crippen LogP contribution < -0.4 is 29.6 Å². The third kappa shape index (κ3) is 4.61. The van der Waals surface area contributed by atoms with Crippen LogP contribution in [-0.4, -0.2) is 83.2 Å². The first kappa shape index (κ1) is 31.6. The number of phenolic OH excluding ortho intramolecular Hbond substituents is 1. The van der Waals surface area contributed by atoms with Gasteiger partial charge in [-0.2, -0.15) is 5.26 Å². The van der Waals surface area contributed by atoms with E-state index in [1.54, 1.807) is 36.4 Å². The fourth-order valence-electron chi connectivity index (χ4n) is 8.31. The maximum Gasteiger partial charge on any atom is 0.308 e. The van der Waals surface area contributed by atoms with Crippen molar-refractivity contribution in [1.82, 2.24) is 20.4 Å². The Morgan fingerprint density at radius 1 is 1.10 bits per heavy atom. The lowest BCUT2D eigenvalue weighted by molar-refractivity contribution is -0.132. The summed E-state index contributed by atoms with van der Waals surface area (Å²) in [5, 5.41) is 28.7. The molecule has 14 heteroatoms. The second-order valence-electron chi connectivity index (χ2n) is 13.0. The minimum Gasteiger partial charge on any atom is -0.504 e. The van der Waals surface area contributed by atoms with E-state index in [9.17, 15) is 29.5 Å². The van der Waals surface area contributed by atoms with E-state index in [0.717, 1.165) is 10.5 Å². The molecule has 14 nitrogen and oxygen atoms in total. The smallest absolute Gasteiger partial charge is 0.308 e. The van der Waals surface area contributed by atoms with Crippen molar-refractivity contribution >= 4 is 23.7 Å². The van der Waals surface area contributed by atoms with Gasteiger partial charge in [-0.3, -0.25) is 29.0 Å². The molecule has 3 N–H and O–H groups in total. The largest absolute Gasteiger partial charge is 0.504 e. The Kier molecular flexibility index (Phi) is 7.43. The number of amides is 3. The highest BCUT2D eigenvalue weighted by Gasteiger charge is 2.54. The summed E-state index contributed by atoms with van der Waals surface area (Å²) in [4.78, 5) is 55.6. The molecular weight excluding hydrogens is 646 g/mol. The van der Waals surface area contributed by atoms with E-state index in [0.29, 0.717) is 40.4 Å². The lowest BCUT2D eigenvalue weighted by atomic mass is 9.73. The maximum atomic E-state index is 13.8. The number of ether oxygens (including phenoxy) is 4. The number of nitriles is 1. The molecule has 1 saturated heterocycles. The molecule has 0 saturated carbocycles. The number of methoxy groups -OCH3 is 1. The van der Waals surface area contributed by atoms with Crippen LogP contribution in [0.5, 0.6) is 28.7 Å². The average molecular weight is 680 g/mol. The van der Waals surface area contributed by atoms with Crippen molar-refractivity contribution in [3.8, 4) is 34.8 Å². The third-order valence-corrected chi connectivity index (χ3v) is 10.4. The Labute approximate surface area is 286 Å². The summed E-state index contributed by atoms with van der Waals surface area (Å²) in [6.07, 6.45) is 0.724. The number of aromatic hydroxyl groups is 1. The molecule has 5 aliphatic heterocycles. The first-order valence-corrected chi connectivity index (χ1v) is 16.3. The molecule has 6 atom stereocenters. The molecule has 0 aliphatic carbocycles. The van der Waals surface area contributed by atoms with Crippen molar-refractivity contribution in [2.45, 2.75) is 62.9 Å². The van der Waals surface area contributed by atoms with Gasteiger partial charge in [-0.1, -0.05) is 18.2 Å². The molecule has 8 rings (SSSR count). The number of carbonyl (C=O) groups is 4. The number of fused-ring (bicyclic) bond motifs is 10. The summed E-state index contributed by atoms with van der Waals surface area (Å²) >= 11 is 0. The first-order valence-electron chi connectivity index (χ1n) is 16.3. The molecule has 256 valence electrons. The van der Waals surface area contributed by atoms with Gasteiger partial charge in [-0.25, -0.2) is 0 Å². The van der Waals surface area contributed by atoms with Gasteiger partial charge < -0.3 is 34.7 Å². The van der Waals surface area contributed by atoms with Crippen molar-refractivity contribution in [3.63, 3.8) is 0 Å². The summed E-state index contributed by atoms with van der Waals surface area (Å²) in [7, 11) is 1.48. The number of piperazine rings is 1. The molecule has 0 unspecified atom stereocenters. The van der Waals surface area contributed by atoms with E-state index < -0.39 is 53.9 Å². The van der Waals surface area contributed by atoms with E-state index in [-0.39, 0.29) is 48.4 Å². The summed E-state index contributed by atoms with van der Waals surface area (Å²) in [6, 6.07) is 10.2. The summed E-state index contributed by atoms with van der Waals surface area (Å²) in [6.45, 7) is 2.64. The Balaban J connectivity index is 1.21. The number of hydrogen-bond donors (Lipinski definition) is 3. The Morgan fingerprint density at radius 3 is 2.52 bits per heavy atom. The van der Waals surface area contributed by atoms with Crippen LogP contribution in [0.2, 0.25) is 0 Å². The second-order valence-corrected chi connectivity index (χ2v) is 13.0. The quantitative estimate of drug-likeness (QED) is 0.197. The Morgan fingerprint density at radius 2 is 1.84 bits per heavy atom. The van der Waals surface area contributed by atoms with E-state index in [1.165, 1.54) is 21.0 Å². The minimum atomic E-state index is -1.15. The van der Waals surface area contributed by atoms with Crippen molar-refractivity contribution in [2.75, 3.05) is 20.4 Å². The van der Waals surface area contributed by atoms with Crippen molar-refractivity contribution in [1.29, 1.82) is 5.26 Å². The first-order chi connectivity index (χ1) is 24.1. The predicted octanol–water partition coefficient (Wildman–Crippen LogP) is 2.28. The fraction of sp³-hybridized carbons (Fsp3) is 0.361. The number of esters is 1. The normalized spacial score (nSPS) is 24.7. The van der Waals surface area contributed by atoms with Crippen LogP contribution in [0.25, 0.3) is 0 Å². The highest BCUT2D eigenvalue weighted by molar-refractivity contribution is 6.22. The third-order valence-electron chi connectivity index (χ3n) is 10.4. The molecule has 0 aromatic heterocycles. The minimum absolute atomic E-state index is 0.00683. The molecule has 50 heavy (non-hydrogen) atoms. The molecule has 3 aromatic carbocycles. The highest BCUT2D eigenvalue weighted by Crippen LogP contribution is 2.55. The lowest BCUT2D eigenvalue weighted by Crippen LogP contribution is -2.68. The van der Waals surface area contributed by atoms with Crippen LogP contribution in [0.4, 0.5) is 0 Å². The molecule has 3 aromatic rings. The van der Waals surface area contributed by atoms with Crippen LogP contribution in [0.1, 0.15) is 68.9 Å². The van der Waals surface area contributed by atoms with E-state index in [1.807, 2.05) is 11.0 Å². The van der Waals surface area contributed by atoms with Gasteiger partial charge in [0.25, 0.3) is 11.8 Å². The standard InChI is InChI=1S/C36H33N5O9/c1-16(40-35(45)19-6-4-5-7-20(19)36(40)46)34(44)38-14-25-30-21(27(50-17(2)42)12-28-33(30)49-15-48-28)11-23-31-29-18(8-9-26(47-3)32(29)43)10-22(39-31)24(13-37)41(23)25/h4-9,12,16,22-25,31,39,43H,10-11,14-15H2,1-3H3,(H,38,44)/t16-,22-,23-,24-,25-,31-/m0/s1. The summed E-state index contributed by atoms with van der Waals surface area (Å²) < 4.78 is 22.9. The predicted molar refractivity (Wildman–Crippen MR) is 173 cm³/mol. The molecule has 0 radical (unpaired) electrons. The zero-order chi connectivity index (χ0) is 35.0. The van der Waals surface area contributed by atoms with Gasteiger partial charge in [0.15, 0.2) is 23.0 Å². The van der Waals surface area contributed by atoms with Gasteiger partial charge in [0.05, 0.1) is 36.4 Å². The number of benzene rings is 3. The number of carbonyl (C=O) groups excluding carboxylic acids is 4. The number of phenols is 1. The Hall–Kier alpha value is -5.65. The Bertz CT molecular complexity index is 2010. The number of rotatable bonds is 6.